The molecule has 14 heavy (non-hydrogen) atoms. The van der Waals surface area contributed by atoms with E-state index >= 15 is 0 Å². The van der Waals surface area contributed by atoms with Crippen molar-refractivity contribution in [2.75, 3.05) is 0 Å². The van der Waals surface area contributed by atoms with Gasteiger partial charge >= 0.3 is 0 Å². The molecule has 0 N–H and O–H groups in total. The zero-order valence-electron chi connectivity index (χ0n) is 10.2. The maximum Gasteiger partial charge on any atom is 0.0502 e. The first-order valence-electron chi connectivity index (χ1n) is 5.76. The van der Waals surface area contributed by atoms with E-state index in [1.165, 1.54) is 19.3 Å². The van der Waals surface area contributed by atoms with Crippen molar-refractivity contribution >= 4 is 8.07 Å². The molecule has 1 atom stereocenters. The van der Waals surface area contributed by atoms with Crippen LogP contribution in [0.25, 0.3) is 0 Å². The molecule has 1 rings (SSSR count). The zero-order valence-corrected chi connectivity index (χ0v) is 11.2. The van der Waals surface area contributed by atoms with E-state index in [-0.39, 0.29) is 0 Å². The predicted octanol–water partition coefficient (Wildman–Crippen LogP) is 5.02. The fourth-order valence-corrected chi connectivity index (χ4v) is 4.43. The highest BCUT2D eigenvalue weighted by atomic mass is 28.3. The maximum atomic E-state index is 3.48. The molecule has 0 aliphatic carbocycles. The van der Waals surface area contributed by atoms with Crippen LogP contribution < -0.4 is 0 Å². The zero-order chi connectivity index (χ0) is 11.0. The maximum absolute atomic E-state index is 3.48. The van der Waals surface area contributed by atoms with Crippen LogP contribution in [0.3, 0.4) is 0 Å². The van der Waals surface area contributed by atoms with Crippen molar-refractivity contribution in [2.45, 2.75) is 57.3 Å². The average molecular weight is 210 g/mol. The first-order chi connectivity index (χ1) is 6.54. The molecule has 0 saturated carbocycles. The second-order valence-corrected chi connectivity index (χ2v) is 10.4. The molecule has 0 radical (unpaired) electrons. The van der Waals surface area contributed by atoms with Crippen LogP contribution >= 0.6 is 0 Å². The normalized spacial score (nSPS) is 24.4. The number of allylic oxidation sites excluding steroid dienone is 2. The van der Waals surface area contributed by atoms with Gasteiger partial charge in [0.15, 0.2) is 0 Å². The van der Waals surface area contributed by atoms with Crippen LogP contribution in [0.1, 0.15) is 32.6 Å². The molecule has 1 aliphatic rings. The van der Waals surface area contributed by atoms with Crippen molar-refractivity contribution in [2.24, 2.45) is 0 Å². The molecule has 0 aromatic heterocycles. The van der Waals surface area contributed by atoms with Crippen molar-refractivity contribution in [1.82, 2.24) is 0 Å². The van der Waals surface area contributed by atoms with E-state index in [4.69, 9.17) is 0 Å². The van der Waals surface area contributed by atoms with Crippen LogP contribution in [0.15, 0.2) is 25.3 Å². The first kappa shape index (κ1) is 13.7. The lowest BCUT2D eigenvalue weighted by Gasteiger charge is -2.34. The second-order valence-electron chi connectivity index (χ2n) is 4.95. The summed E-state index contributed by atoms with van der Waals surface area (Å²) in [5.41, 5.74) is 1.09. The summed E-state index contributed by atoms with van der Waals surface area (Å²) in [6, 6.07) is 1.58. The molecule has 0 bridgehead atoms. The lowest BCUT2D eigenvalue weighted by atomic mass is 10.2. The van der Waals surface area contributed by atoms with E-state index in [9.17, 15) is 0 Å². The molecule has 0 spiro atoms. The predicted molar refractivity (Wildman–Crippen MR) is 70.6 cm³/mol. The van der Waals surface area contributed by atoms with Crippen LogP contribution in [0.5, 0.6) is 0 Å². The molecule has 1 fully saturated rings. The highest BCUT2D eigenvalue weighted by Gasteiger charge is 2.30. The molecule has 82 valence electrons. The van der Waals surface area contributed by atoms with Crippen LogP contribution in [-0.2, 0) is 0 Å². The van der Waals surface area contributed by atoms with Gasteiger partial charge < -0.3 is 0 Å². The van der Waals surface area contributed by atoms with Crippen LogP contribution in [0.2, 0.25) is 24.7 Å². The highest BCUT2D eigenvalue weighted by Crippen LogP contribution is 2.36. The van der Waals surface area contributed by atoms with Gasteiger partial charge in [-0.05, 0) is 12.0 Å². The average Bonchev–Trinajstić information content (AvgIpc) is 2.13. The Hall–Kier alpha value is -0.303. The third kappa shape index (κ3) is 5.43. The lowest BCUT2D eigenvalue weighted by Crippen LogP contribution is -2.33. The topological polar surface area (TPSA) is 0 Å². The first-order valence-corrected chi connectivity index (χ1v) is 9.05. The van der Waals surface area contributed by atoms with Crippen molar-refractivity contribution < 1.29 is 0 Å². The van der Waals surface area contributed by atoms with Gasteiger partial charge in [0.05, 0.1) is 8.07 Å². The number of rotatable bonds is 2. The fourth-order valence-electron chi connectivity index (χ4n) is 1.79. The van der Waals surface area contributed by atoms with Gasteiger partial charge in [0.25, 0.3) is 0 Å². The molecule has 1 heterocycles. The van der Waals surface area contributed by atoms with Gasteiger partial charge in [0.1, 0.15) is 0 Å². The Bertz CT molecular complexity index is 164. The molecule has 1 unspecified atom stereocenters. The van der Waals surface area contributed by atoms with Crippen molar-refractivity contribution in [1.29, 1.82) is 0 Å². The summed E-state index contributed by atoms with van der Waals surface area (Å²) in [6.45, 7) is 14.5. The summed E-state index contributed by atoms with van der Waals surface area (Å²) in [6.07, 6.45) is 9.07. The molecule has 0 aromatic rings. The molecular weight excluding hydrogens is 184 g/mol. The smallest absolute Gasteiger partial charge is 0.0502 e. The van der Waals surface area contributed by atoms with Gasteiger partial charge in [-0.25, -0.2) is 0 Å². The van der Waals surface area contributed by atoms with Crippen LogP contribution in [0, 0.1) is 0 Å². The molecule has 1 aliphatic heterocycles. The quantitative estimate of drug-likeness (QED) is 0.443. The largest absolute Gasteiger partial charge is 0.103 e. The monoisotopic (exact) mass is 210 g/mol. The molecular formula is C13H26Si. The van der Waals surface area contributed by atoms with Crippen LogP contribution in [0.4, 0.5) is 0 Å². The molecule has 0 nitrogen and oxygen atoms in total. The molecule has 1 saturated heterocycles. The van der Waals surface area contributed by atoms with Crippen LogP contribution in [-0.4, -0.2) is 8.07 Å². The van der Waals surface area contributed by atoms with Crippen molar-refractivity contribution in [3.63, 3.8) is 0 Å². The Morgan fingerprint density at radius 3 is 2.00 bits per heavy atom. The second kappa shape index (κ2) is 7.05. The summed E-state index contributed by atoms with van der Waals surface area (Å²) in [5.74, 6) is 0. The van der Waals surface area contributed by atoms with Gasteiger partial charge in [0, 0.05) is 0 Å². The lowest BCUT2D eigenvalue weighted by molar-refractivity contribution is 0.635. The third-order valence-corrected chi connectivity index (χ3v) is 7.97. The minimum Gasteiger partial charge on any atom is -0.103 e. The van der Waals surface area contributed by atoms with Gasteiger partial charge in [-0.2, -0.15) is 0 Å². The minimum absolute atomic E-state index is 0.694. The Morgan fingerprint density at radius 1 is 1.21 bits per heavy atom. The summed E-state index contributed by atoms with van der Waals surface area (Å²) in [7, 11) is -0.694. The third-order valence-electron chi connectivity index (χ3n) is 3.38. The standard InChI is InChI=1S/C8H18Si.C5H8/c1-8-6-4-5-7-9(8,2)3;1-3-5-4-2/h8H,4-7H2,1-3H3;3-4H,1-2,5H2. The van der Waals surface area contributed by atoms with E-state index in [0.717, 1.165) is 12.0 Å². The van der Waals surface area contributed by atoms with Gasteiger partial charge in [-0.1, -0.05) is 57.5 Å². The van der Waals surface area contributed by atoms with Crippen molar-refractivity contribution in [3.05, 3.63) is 25.3 Å². The highest BCUT2D eigenvalue weighted by molar-refractivity contribution is 6.78. The number of hydrogen-bond donors (Lipinski definition) is 0. The Kier molecular flexibility index (Phi) is 6.90. The Labute approximate surface area is 91.1 Å². The Morgan fingerprint density at radius 2 is 1.79 bits per heavy atom. The molecule has 0 aromatic carbocycles. The SMILES string of the molecule is C=CCC=C.CC1CCCC[Si]1(C)C. The van der Waals surface area contributed by atoms with Gasteiger partial charge in [-0.3, -0.25) is 0 Å². The van der Waals surface area contributed by atoms with E-state index in [0.29, 0.717) is 0 Å². The Balaban J connectivity index is 0.000000292. The summed E-state index contributed by atoms with van der Waals surface area (Å²) in [4.78, 5) is 0. The van der Waals surface area contributed by atoms with E-state index < -0.39 is 8.07 Å². The van der Waals surface area contributed by atoms with Crippen molar-refractivity contribution in [3.8, 4) is 0 Å². The van der Waals surface area contributed by atoms with Gasteiger partial charge in [-0.15, -0.1) is 13.2 Å². The summed E-state index contributed by atoms with van der Waals surface area (Å²) in [5, 5.41) is 0. The number of hydrogen-bond acceptors (Lipinski definition) is 0. The fraction of sp³-hybridized carbons (Fsp3) is 0.692. The van der Waals surface area contributed by atoms with E-state index in [1.54, 1.807) is 6.04 Å². The molecule has 0 amide bonds. The minimum atomic E-state index is -0.694. The summed E-state index contributed by atoms with van der Waals surface area (Å²) < 4.78 is 0. The molecule has 1 heteroatoms. The van der Waals surface area contributed by atoms with E-state index in [2.05, 4.69) is 33.2 Å². The summed E-state index contributed by atoms with van der Waals surface area (Å²) >= 11 is 0. The van der Waals surface area contributed by atoms with Gasteiger partial charge in [0.2, 0.25) is 0 Å². The van der Waals surface area contributed by atoms with E-state index in [1.807, 2.05) is 12.2 Å².